The molecule has 0 aromatic carbocycles. The molecule has 7 atom stereocenters. The molecule has 0 radical (unpaired) electrons. The number of methoxy groups -OCH3 is 2. The van der Waals surface area contributed by atoms with Gasteiger partial charge >= 0.3 is 81.6 Å². The Morgan fingerprint density at radius 2 is 0.815 bits per heavy atom. The topological polar surface area (TPSA) is 637 Å². The Balaban J connectivity index is -0.0000000889. The summed E-state index contributed by atoms with van der Waals surface area (Å²) < 4.78 is 41.2. The van der Waals surface area contributed by atoms with Gasteiger partial charge in [0.25, 0.3) is 5.97 Å². The molecule has 2 rings (SSSR count). The minimum Gasteiger partial charge on any atom is -0.676 e. The molecule has 41 heteroatoms. The number of amides is 8. The van der Waals surface area contributed by atoms with E-state index in [-0.39, 0.29) is 172 Å². The first-order valence-corrected chi connectivity index (χ1v) is 26.0. The van der Waals surface area contributed by atoms with Crippen molar-refractivity contribution in [1.82, 2.24) is 37.2 Å². The summed E-state index contributed by atoms with van der Waals surface area (Å²) in [6.07, 6.45) is 0.130. The van der Waals surface area contributed by atoms with Gasteiger partial charge in [0.1, 0.15) is 18.3 Å². The zero-order valence-corrected chi connectivity index (χ0v) is 54.8. The fourth-order valence-electron chi connectivity index (χ4n) is 5.59. The van der Waals surface area contributed by atoms with Crippen LogP contribution in [0.2, 0.25) is 0 Å². The maximum absolute atomic E-state index is 11.8. The van der Waals surface area contributed by atoms with E-state index >= 15 is 0 Å². The molecular weight excluding hydrogens is 1600 g/mol. The molecule has 2 aliphatic rings. The molecule has 2 saturated carbocycles. The standard InChI is InChI=1S/C15H24N4O11.C10H19N3O6.2C6H12N2.C5H13N3O2.C5H8O4.4CH4.2H2O.2Pt/c1-3-29-14(26)17-6-8(5-16-13(25)28-2)30-15(27)18-7-10(20)19-9(12(23)24)4-11(21)22;1-4-18-10(16)13-6-7(19-8(14)11-2)5-12-9(15)17-3;2*7-5-3-1-2-4-6(5)8;1-8-5(9)10-4(2-6)3-7;1-4(6)8-3-9-5(2)7;;;;;;;;/h8-9H,3-7H2,1-2H3,(H6,16,17,18,19,20,21,22,23,24,25,26,27);7H,4-6H2,1-3H3,(H,11,14)(H,12,15)(H,13,16);2*5-8H,1-4H2;4H,2-3,6-7H2,1H3,(H,8,9);3H2,1-2H3;4*1H4;2*1H2;;/q;;2*-2;;;;;;;;;;+4/p-1. The Labute approximate surface area is 568 Å². The number of rotatable bonds is 23. The molecule has 92 heavy (non-hydrogen) atoms. The summed E-state index contributed by atoms with van der Waals surface area (Å²) in [7, 11) is 5.19. The van der Waals surface area contributed by atoms with Crippen molar-refractivity contribution in [1.29, 1.82) is 0 Å². The second-order valence-corrected chi connectivity index (χ2v) is 16.7. The molecule has 0 heterocycles. The van der Waals surface area contributed by atoms with Crippen molar-refractivity contribution in [2.24, 2.45) is 11.5 Å². The van der Waals surface area contributed by atoms with Gasteiger partial charge in [-0.15, -0.1) is 0 Å². The quantitative estimate of drug-likeness (QED) is 0.0397. The number of carbonyl (C=O) groups is 12. The van der Waals surface area contributed by atoms with E-state index in [9.17, 15) is 57.5 Å². The van der Waals surface area contributed by atoms with E-state index in [0.29, 0.717) is 0 Å². The summed E-state index contributed by atoms with van der Waals surface area (Å²) in [6.45, 7) is 4.97. The molecule has 39 nitrogen and oxygen atoms in total. The van der Waals surface area contributed by atoms with Crippen molar-refractivity contribution in [2.75, 3.05) is 94.1 Å². The number of esters is 2. The maximum Gasteiger partial charge on any atom is 4.00 e. The first kappa shape index (κ1) is 113. The van der Waals surface area contributed by atoms with Gasteiger partial charge in [-0.3, -0.25) is 19.2 Å². The van der Waals surface area contributed by atoms with Crippen LogP contribution in [0.15, 0.2) is 0 Å². The van der Waals surface area contributed by atoms with Gasteiger partial charge < -0.3 is 146 Å². The van der Waals surface area contributed by atoms with E-state index in [0.717, 1.165) is 32.8 Å². The van der Waals surface area contributed by atoms with Crippen LogP contribution in [0.4, 0.5) is 33.6 Å². The van der Waals surface area contributed by atoms with Crippen LogP contribution in [0.1, 0.15) is 115 Å². The number of hydrogen-bond donors (Lipinski definition) is 11. The van der Waals surface area contributed by atoms with Crippen LogP contribution in [0.25, 0.3) is 28.3 Å². The molecule has 7 unspecified atom stereocenters. The molecule has 0 aliphatic heterocycles. The van der Waals surface area contributed by atoms with E-state index < -0.39 is 104 Å². The van der Waals surface area contributed by atoms with Crippen LogP contribution in [-0.4, -0.2) is 236 Å². The predicted octanol–water partition coefficient (Wildman–Crippen LogP) is 3.22. The Morgan fingerprint density at radius 1 is 0.511 bits per heavy atom. The molecule has 2 fully saturated rings. The first-order valence-electron chi connectivity index (χ1n) is 26.0. The molecular formula is C51H107N14O25Pt2-. The SMILES string of the molecule is C.C.C.C.CC(=O)OCOC(C)=O.CCOC(=O)NCC(CNC(=O)OC)OC(=O)NC.CCOC(=O)NCC(CNC(=O)OC)OC(=O)NCC(=O)[N-]C(CC(=O)O)C(=O)O.CNC(=O)OC(CN)CN.O.O.[NH-]C1CCCCC1[NH-].[NH-]C1CCCCC1[NH-].[Pt+4].[Pt]. The maximum atomic E-state index is 11.8. The van der Waals surface area contributed by atoms with Gasteiger partial charge in [0.2, 0.25) is 6.79 Å². The van der Waals surface area contributed by atoms with E-state index in [4.69, 9.17) is 58.8 Å². The van der Waals surface area contributed by atoms with Gasteiger partial charge in [0.15, 0.2) is 0 Å². The molecule has 2 aliphatic carbocycles. The number of nitrogens with two attached hydrogens (primary N) is 2. The second kappa shape index (κ2) is 73.3. The second-order valence-electron chi connectivity index (χ2n) is 16.7. The Bertz CT molecular complexity index is 1890. The van der Waals surface area contributed by atoms with E-state index in [1.54, 1.807) is 13.8 Å². The fourth-order valence-corrected chi connectivity index (χ4v) is 5.59. The zero-order chi connectivity index (χ0) is 65.0. The summed E-state index contributed by atoms with van der Waals surface area (Å²) in [6, 6.07) is -2.13. The van der Waals surface area contributed by atoms with Crippen LogP contribution in [0, 0.1) is 0 Å². The van der Waals surface area contributed by atoms with Crippen molar-refractivity contribution in [3.05, 3.63) is 28.3 Å². The normalized spacial score (nSPS) is 14.9. The third-order valence-corrected chi connectivity index (χ3v) is 9.97. The third-order valence-electron chi connectivity index (χ3n) is 9.97. The van der Waals surface area contributed by atoms with Crippen LogP contribution >= 0.6 is 0 Å². The minimum atomic E-state index is -1.81. The van der Waals surface area contributed by atoms with E-state index in [1.165, 1.54) is 60.7 Å². The molecule has 21 N–H and O–H groups in total. The molecule has 0 aromatic rings. The predicted molar refractivity (Wildman–Crippen MR) is 330 cm³/mol. The number of ether oxygens (including phenoxy) is 9. The number of carboxylic acid groups (broad SMARTS) is 2. The molecule has 0 aromatic heterocycles. The molecule has 0 saturated heterocycles. The number of nitrogens with one attached hydrogen (secondary N) is 11. The number of carbonyl (C=O) groups excluding carboxylic acids is 10. The van der Waals surface area contributed by atoms with Crippen molar-refractivity contribution in [2.45, 2.75) is 164 Å². The number of alkyl carbamates (subject to hydrolysis) is 7. The van der Waals surface area contributed by atoms with Crippen molar-refractivity contribution in [3.63, 3.8) is 0 Å². The monoisotopic (exact) mass is 1710 g/mol. The van der Waals surface area contributed by atoms with Gasteiger partial charge in [-0.25, -0.2) is 33.6 Å². The van der Waals surface area contributed by atoms with Crippen molar-refractivity contribution < 1.29 is 163 Å². The summed E-state index contributed by atoms with van der Waals surface area (Å²) in [5.41, 5.74) is 39.6. The summed E-state index contributed by atoms with van der Waals surface area (Å²) in [5.74, 6) is -5.12. The largest absolute Gasteiger partial charge is 4.00 e. The summed E-state index contributed by atoms with van der Waals surface area (Å²) >= 11 is 0. The molecule has 0 bridgehead atoms. The Morgan fingerprint density at radius 3 is 1.07 bits per heavy atom. The molecule has 0 spiro atoms. The number of hydrogen-bond acceptors (Lipinski definition) is 23. The van der Waals surface area contributed by atoms with Gasteiger partial charge in [-0.1, -0.05) is 81.1 Å². The van der Waals surface area contributed by atoms with Crippen molar-refractivity contribution >= 4 is 72.4 Å². The smallest absolute Gasteiger partial charge is 0.676 e. The minimum absolute atomic E-state index is 0. The van der Waals surface area contributed by atoms with Crippen LogP contribution < -0.4 is 48.7 Å². The average Bonchev–Trinajstić information content (AvgIpc) is 3.44. The Kier molecular flexibility index (Phi) is 89.9. The Hall–Kier alpha value is -6.70. The van der Waals surface area contributed by atoms with Crippen LogP contribution in [0.5, 0.6) is 0 Å². The van der Waals surface area contributed by atoms with Gasteiger partial charge in [-0.05, 0) is 19.9 Å². The van der Waals surface area contributed by atoms with Gasteiger partial charge in [0, 0.05) is 68.5 Å². The van der Waals surface area contributed by atoms with Crippen LogP contribution in [0.3, 0.4) is 0 Å². The fraction of sp³-hybridized carbons (Fsp3) is 0.765. The van der Waals surface area contributed by atoms with Crippen LogP contribution in [-0.2, 0) is 109 Å². The average molecular weight is 1710 g/mol. The third kappa shape index (κ3) is 72.4. The van der Waals surface area contributed by atoms with Gasteiger partial charge in [0.05, 0.1) is 66.1 Å². The van der Waals surface area contributed by atoms with E-state index in [1.807, 2.05) is 5.32 Å². The molecule has 8 amide bonds. The molecule has 552 valence electrons. The zero-order valence-electron chi connectivity index (χ0n) is 50.3. The number of carboxylic acids is 2. The van der Waals surface area contributed by atoms with E-state index in [2.05, 4.69) is 65.6 Å². The first-order chi connectivity index (χ1) is 39.6. The number of aliphatic carboxylic acids is 2. The van der Waals surface area contributed by atoms with Crippen molar-refractivity contribution in [3.8, 4) is 0 Å². The summed E-state index contributed by atoms with van der Waals surface area (Å²) in [4.78, 5) is 131. The van der Waals surface area contributed by atoms with Gasteiger partial charge in [-0.2, -0.15) is 24.2 Å². The summed E-state index contributed by atoms with van der Waals surface area (Å²) in [5, 5.41) is 36.4. The number of nitrogens with zero attached hydrogens (tertiary/aromatic N) is 1.